The normalized spacial score (nSPS) is 18.9. The van der Waals surface area contributed by atoms with Crippen LogP contribution >= 0.6 is 0 Å². The number of hydrogen-bond donors (Lipinski definition) is 2. The summed E-state index contributed by atoms with van der Waals surface area (Å²) < 4.78 is 3.44. The van der Waals surface area contributed by atoms with Crippen LogP contribution in [0.2, 0.25) is 0 Å². The monoisotopic (exact) mass is 341 g/mol. The van der Waals surface area contributed by atoms with Crippen LogP contribution in [0.4, 0.5) is 5.82 Å². The van der Waals surface area contributed by atoms with Gasteiger partial charge in [0.1, 0.15) is 5.82 Å². The van der Waals surface area contributed by atoms with E-state index in [1.165, 1.54) is 0 Å². The average Bonchev–Trinajstić information content (AvgIpc) is 3.21. The lowest BCUT2D eigenvalue weighted by Crippen LogP contribution is -2.36. The number of β-amino-alcohol motifs (C(OH)–C–C–N with tert-alkyl or cyclic N) is 1. The van der Waals surface area contributed by atoms with E-state index in [2.05, 4.69) is 15.1 Å². The molecule has 132 valence electrons. The SMILES string of the molecule is Cn1cc(-c2cnn3c(N)cc(C4CCCN(CCO)C4)nc23)cn1. The van der Waals surface area contributed by atoms with Crippen molar-refractivity contribution >= 4 is 11.5 Å². The first-order chi connectivity index (χ1) is 12.2. The molecule has 3 N–H and O–H groups in total. The van der Waals surface area contributed by atoms with Gasteiger partial charge in [-0.3, -0.25) is 4.68 Å². The van der Waals surface area contributed by atoms with Crippen molar-refractivity contribution in [3.8, 4) is 11.1 Å². The summed E-state index contributed by atoms with van der Waals surface area (Å²) in [6, 6.07) is 1.93. The van der Waals surface area contributed by atoms with E-state index >= 15 is 0 Å². The Kier molecular flexibility index (Phi) is 4.14. The van der Waals surface area contributed by atoms with Gasteiger partial charge < -0.3 is 15.7 Å². The Balaban J connectivity index is 1.73. The zero-order valence-electron chi connectivity index (χ0n) is 14.3. The summed E-state index contributed by atoms with van der Waals surface area (Å²) in [5.41, 5.74) is 9.92. The second-order valence-corrected chi connectivity index (χ2v) is 6.67. The number of nitrogens with two attached hydrogens (primary N) is 1. The summed E-state index contributed by atoms with van der Waals surface area (Å²) in [5, 5.41) is 17.8. The maximum Gasteiger partial charge on any atom is 0.165 e. The Labute approximate surface area is 145 Å². The van der Waals surface area contributed by atoms with Gasteiger partial charge in [0.05, 0.1) is 24.7 Å². The topological polar surface area (TPSA) is 97.5 Å². The van der Waals surface area contributed by atoms with Gasteiger partial charge in [0, 0.05) is 49.4 Å². The van der Waals surface area contributed by atoms with Crippen LogP contribution < -0.4 is 5.73 Å². The predicted molar refractivity (Wildman–Crippen MR) is 95.1 cm³/mol. The van der Waals surface area contributed by atoms with Crippen molar-refractivity contribution in [1.82, 2.24) is 29.3 Å². The number of piperidine rings is 1. The molecule has 4 rings (SSSR count). The molecule has 0 radical (unpaired) electrons. The zero-order chi connectivity index (χ0) is 17.4. The molecular formula is C17H23N7O. The number of anilines is 1. The van der Waals surface area contributed by atoms with E-state index in [0.29, 0.717) is 18.3 Å². The van der Waals surface area contributed by atoms with E-state index in [1.54, 1.807) is 15.4 Å². The van der Waals surface area contributed by atoms with Gasteiger partial charge in [-0.2, -0.15) is 14.7 Å². The summed E-state index contributed by atoms with van der Waals surface area (Å²) in [4.78, 5) is 7.18. The highest BCUT2D eigenvalue weighted by atomic mass is 16.3. The number of aliphatic hydroxyl groups is 1. The van der Waals surface area contributed by atoms with E-state index in [9.17, 15) is 5.11 Å². The third-order valence-electron chi connectivity index (χ3n) is 4.88. The third-order valence-corrected chi connectivity index (χ3v) is 4.88. The number of fused-ring (bicyclic) bond motifs is 1. The molecule has 1 saturated heterocycles. The highest BCUT2D eigenvalue weighted by Crippen LogP contribution is 2.30. The van der Waals surface area contributed by atoms with Crippen LogP contribution in [0.25, 0.3) is 16.8 Å². The fraction of sp³-hybridized carbons (Fsp3) is 0.471. The lowest BCUT2D eigenvalue weighted by atomic mass is 9.94. The number of rotatable bonds is 4. The van der Waals surface area contributed by atoms with Gasteiger partial charge in [-0.1, -0.05) is 0 Å². The standard InChI is InChI=1S/C17H23N7O/c1-22-10-13(8-19-22)14-9-20-24-16(18)7-15(21-17(14)24)12-3-2-4-23(11-12)5-6-25/h7-10,12,25H,2-6,11,18H2,1H3. The Morgan fingerprint density at radius 1 is 1.32 bits per heavy atom. The van der Waals surface area contributed by atoms with Gasteiger partial charge in [0.15, 0.2) is 5.65 Å². The minimum Gasteiger partial charge on any atom is -0.395 e. The van der Waals surface area contributed by atoms with Crippen molar-refractivity contribution < 1.29 is 5.11 Å². The highest BCUT2D eigenvalue weighted by Gasteiger charge is 2.24. The minimum atomic E-state index is 0.190. The first-order valence-electron chi connectivity index (χ1n) is 8.62. The number of aryl methyl sites for hydroxylation is 1. The molecule has 3 aromatic heterocycles. The van der Waals surface area contributed by atoms with Crippen LogP contribution in [0.15, 0.2) is 24.7 Å². The Bertz CT molecular complexity index is 882. The van der Waals surface area contributed by atoms with Crippen LogP contribution in [-0.2, 0) is 7.05 Å². The molecule has 0 amide bonds. The molecule has 1 aliphatic heterocycles. The molecule has 1 aliphatic rings. The van der Waals surface area contributed by atoms with Crippen molar-refractivity contribution in [1.29, 1.82) is 0 Å². The Morgan fingerprint density at radius 3 is 2.96 bits per heavy atom. The van der Waals surface area contributed by atoms with E-state index < -0.39 is 0 Å². The first kappa shape index (κ1) is 16.0. The van der Waals surface area contributed by atoms with Gasteiger partial charge in [-0.25, -0.2) is 4.98 Å². The van der Waals surface area contributed by atoms with Crippen LogP contribution in [0, 0.1) is 0 Å². The first-order valence-corrected chi connectivity index (χ1v) is 8.62. The summed E-state index contributed by atoms with van der Waals surface area (Å²) in [5.74, 6) is 0.915. The minimum absolute atomic E-state index is 0.190. The molecule has 1 atom stereocenters. The van der Waals surface area contributed by atoms with Crippen molar-refractivity contribution in [3.63, 3.8) is 0 Å². The molecule has 8 nitrogen and oxygen atoms in total. The number of aromatic nitrogens is 5. The van der Waals surface area contributed by atoms with Crippen LogP contribution in [0.3, 0.4) is 0 Å². The van der Waals surface area contributed by atoms with Gasteiger partial charge in [0.2, 0.25) is 0 Å². The lowest BCUT2D eigenvalue weighted by molar-refractivity contribution is 0.160. The van der Waals surface area contributed by atoms with Gasteiger partial charge in [-0.15, -0.1) is 0 Å². The maximum absolute atomic E-state index is 9.20. The molecule has 0 spiro atoms. The molecule has 0 aromatic carbocycles. The lowest BCUT2D eigenvalue weighted by Gasteiger charge is -2.32. The van der Waals surface area contributed by atoms with E-state index in [0.717, 1.165) is 48.4 Å². The van der Waals surface area contributed by atoms with E-state index in [-0.39, 0.29) is 6.61 Å². The summed E-state index contributed by atoms with van der Waals surface area (Å²) >= 11 is 0. The second-order valence-electron chi connectivity index (χ2n) is 6.67. The molecule has 3 aromatic rings. The van der Waals surface area contributed by atoms with Crippen molar-refractivity contribution in [2.24, 2.45) is 7.05 Å². The zero-order valence-corrected chi connectivity index (χ0v) is 14.3. The second kappa shape index (κ2) is 6.45. The van der Waals surface area contributed by atoms with Crippen molar-refractivity contribution in [2.75, 3.05) is 32.0 Å². The van der Waals surface area contributed by atoms with E-state index in [1.807, 2.05) is 25.5 Å². The smallest absolute Gasteiger partial charge is 0.165 e. The van der Waals surface area contributed by atoms with Crippen molar-refractivity contribution in [3.05, 3.63) is 30.4 Å². The fourth-order valence-corrected chi connectivity index (χ4v) is 3.62. The summed E-state index contributed by atoms with van der Waals surface area (Å²) in [6.45, 7) is 2.83. The van der Waals surface area contributed by atoms with Crippen molar-refractivity contribution in [2.45, 2.75) is 18.8 Å². The Hall–Kier alpha value is -2.45. The van der Waals surface area contributed by atoms with Crippen LogP contribution in [0.5, 0.6) is 0 Å². The highest BCUT2D eigenvalue weighted by molar-refractivity contribution is 5.77. The number of nitrogen functional groups attached to an aromatic ring is 1. The average molecular weight is 341 g/mol. The number of likely N-dealkylation sites (tertiary alicyclic amines) is 1. The van der Waals surface area contributed by atoms with Gasteiger partial charge in [-0.05, 0) is 19.4 Å². The molecule has 0 bridgehead atoms. The summed E-state index contributed by atoms with van der Waals surface area (Å²) in [6.07, 6.45) is 7.74. The molecule has 0 saturated carbocycles. The molecule has 4 heterocycles. The summed E-state index contributed by atoms with van der Waals surface area (Å²) in [7, 11) is 1.89. The van der Waals surface area contributed by atoms with Gasteiger partial charge >= 0.3 is 0 Å². The molecule has 25 heavy (non-hydrogen) atoms. The van der Waals surface area contributed by atoms with Crippen LogP contribution in [-0.4, -0.2) is 60.6 Å². The molecule has 0 aliphatic carbocycles. The van der Waals surface area contributed by atoms with Crippen LogP contribution in [0.1, 0.15) is 24.5 Å². The maximum atomic E-state index is 9.20. The van der Waals surface area contributed by atoms with Gasteiger partial charge in [0.25, 0.3) is 0 Å². The molecule has 1 unspecified atom stereocenters. The predicted octanol–water partition coefficient (Wildman–Crippen LogP) is 0.884. The number of nitrogens with zero attached hydrogens (tertiary/aromatic N) is 6. The molecular weight excluding hydrogens is 318 g/mol. The molecule has 1 fully saturated rings. The molecule has 8 heteroatoms. The number of hydrogen-bond acceptors (Lipinski definition) is 6. The third kappa shape index (κ3) is 2.98. The van der Waals surface area contributed by atoms with E-state index in [4.69, 9.17) is 10.7 Å². The quantitative estimate of drug-likeness (QED) is 0.731. The Morgan fingerprint density at radius 2 is 2.20 bits per heavy atom. The largest absolute Gasteiger partial charge is 0.395 e. The fourth-order valence-electron chi connectivity index (χ4n) is 3.62. The number of aliphatic hydroxyl groups excluding tert-OH is 1.